The van der Waals surface area contributed by atoms with Crippen LogP contribution in [0.25, 0.3) is 5.69 Å². The molecule has 24 heavy (non-hydrogen) atoms. The predicted octanol–water partition coefficient (Wildman–Crippen LogP) is 0.762. The summed E-state index contributed by atoms with van der Waals surface area (Å²) in [7, 11) is 0. The maximum atomic E-state index is 11.6. The Labute approximate surface area is 132 Å². The maximum Gasteiger partial charge on any atom is 0.490 e. The summed E-state index contributed by atoms with van der Waals surface area (Å²) >= 11 is 0. The van der Waals surface area contributed by atoms with Crippen LogP contribution in [0.15, 0.2) is 40.1 Å². The molecule has 1 aliphatic heterocycles. The van der Waals surface area contributed by atoms with Crippen molar-refractivity contribution in [3.63, 3.8) is 0 Å². The number of hydrogen-bond acceptors (Lipinski definition) is 4. The van der Waals surface area contributed by atoms with Gasteiger partial charge in [-0.25, -0.2) is 9.59 Å². The summed E-state index contributed by atoms with van der Waals surface area (Å²) in [5.74, 6) is -2.76. The van der Waals surface area contributed by atoms with E-state index >= 15 is 0 Å². The monoisotopic (exact) mass is 343 g/mol. The van der Waals surface area contributed by atoms with E-state index in [-0.39, 0.29) is 5.56 Å². The van der Waals surface area contributed by atoms with E-state index in [9.17, 15) is 22.8 Å². The molecule has 0 saturated carbocycles. The molecule has 3 rings (SSSR count). The van der Waals surface area contributed by atoms with E-state index < -0.39 is 17.8 Å². The van der Waals surface area contributed by atoms with Crippen LogP contribution in [0.5, 0.6) is 0 Å². The summed E-state index contributed by atoms with van der Waals surface area (Å²) in [5.41, 5.74) is 2.43. The van der Waals surface area contributed by atoms with Crippen molar-refractivity contribution < 1.29 is 23.1 Å². The van der Waals surface area contributed by atoms with Crippen LogP contribution in [0.2, 0.25) is 0 Å². The van der Waals surface area contributed by atoms with Gasteiger partial charge in [0.15, 0.2) is 0 Å². The van der Waals surface area contributed by atoms with Gasteiger partial charge in [-0.05, 0) is 23.3 Å². The number of aliphatic carboxylic acids is 1. The average Bonchev–Trinajstić information content (AvgIpc) is 2.94. The van der Waals surface area contributed by atoms with E-state index in [4.69, 9.17) is 9.90 Å². The number of alkyl halides is 3. The van der Waals surface area contributed by atoms with Crippen molar-refractivity contribution >= 4 is 5.97 Å². The molecule has 2 heterocycles. The first-order chi connectivity index (χ1) is 11.2. The van der Waals surface area contributed by atoms with E-state index in [1.807, 2.05) is 18.2 Å². The molecular formula is C14H12F3N3O4. The number of benzene rings is 1. The Bertz CT molecular complexity index is 871. The SMILES string of the molecule is O=C(O)C(F)(F)F.O=c1ccn(-c2ccc3c(c2)CNC3)c(=O)[nH]1. The number of nitrogens with one attached hydrogen (secondary N) is 2. The van der Waals surface area contributed by atoms with Gasteiger partial charge in [0.05, 0.1) is 5.69 Å². The van der Waals surface area contributed by atoms with E-state index in [0.29, 0.717) is 0 Å². The number of carbonyl (C=O) groups is 1. The highest BCUT2D eigenvalue weighted by Gasteiger charge is 2.38. The van der Waals surface area contributed by atoms with Gasteiger partial charge in [0.2, 0.25) is 0 Å². The minimum Gasteiger partial charge on any atom is -0.475 e. The van der Waals surface area contributed by atoms with Crippen LogP contribution in [0, 0.1) is 0 Å². The minimum absolute atomic E-state index is 0.380. The Morgan fingerprint density at radius 1 is 1.12 bits per heavy atom. The lowest BCUT2D eigenvalue weighted by atomic mass is 10.1. The van der Waals surface area contributed by atoms with Gasteiger partial charge in [-0.2, -0.15) is 13.2 Å². The molecule has 0 fully saturated rings. The minimum atomic E-state index is -5.08. The summed E-state index contributed by atoms with van der Waals surface area (Å²) in [6.45, 7) is 1.69. The lowest BCUT2D eigenvalue weighted by molar-refractivity contribution is -0.192. The number of nitrogens with zero attached hydrogens (tertiary/aromatic N) is 1. The van der Waals surface area contributed by atoms with Gasteiger partial charge in [0.25, 0.3) is 5.56 Å². The zero-order valence-corrected chi connectivity index (χ0v) is 12.1. The number of halogens is 3. The van der Waals surface area contributed by atoms with Gasteiger partial charge in [-0.3, -0.25) is 14.3 Å². The molecule has 128 valence electrons. The Morgan fingerprint density at radius 3 is 2.33 bits per heavy atom. The van der Waals surface area contributed by atoms with Gasteiger partial charge < -0.3 is 10.4 Å². The van der Waals surface area contributed by atoms with E-state index in [1.165, 1.54) is 28.0 Å². The molecule has 1 aromatic heterocycles. The molecule has 0 unspecified atom stereocenters. The fourth-order valence-electron chi connectivity index (χ4n) is 2.05. The molecule has 0 atom stereocenters. The molecule has 0 radical (unpaired) electrons. The van der Waals surface area contributed by atoms with Gasteiger partial charge >= 0.3 is 17.8 Å². The highest BCUT2D eigenvalue weighted by atomic mass is 19.4. The summed E-state index contributed by atoms with van der Waals surface area (Å²) in [5, 5.41) is 10.4. The van der Waals surface area contributed by atoms with Gasteiger partial charge in [-0.15, -0.1) is 0 Å². The number of carboxylic acids is 1. The van der Waals surface area contributed by atoms with E-state index in [2.05, 4.69) is 10.3 Å². The molecule has 0 spiro atoms. The molecule has 7 nitrogen and oxygen atoms in total. The van der Waals surface area contributed by atoms with Crippen LogP contribution >= 0.6 is 0 Å². The summed E-state index contributed by atoms with van der Waals surface area (Å²) < 4.78 is 33.2. The topological polar surface area (TPSA) is 104 Å². The van der Waals surface area contributed by atoms with Crippen LogP contribution in [-0.4, -0.2) is 26.8 Å². The highest BCUT2D eigenvalue weighted by Crippen LogP contribution is 2.18. The maximum absolute atomic E-state index is 11.6. The third kappa shape index (κ3) is 4.10. The third-order valence-corrected chi connectivity index (χ3v) is 3.17. The van der Waals surface area contributed by atoms with Crippen molar-refractivity contribution in [1.82, 2.24) is 14.9 Å². The first kappa shape index (κ1) is 17.5. The Kier molecular flexibility index (Phi) is 4.88. The standard InChI is InChI=1S/C12H11N3O2.C2HF3O2/c16-11-3-4-15(12(17)14-11)10-2-1-8-6-13-7-9(8)5-10;3-2(4,5)1(6)7/h1-5,13H,6-7H2,(H,14,16,17);(H,6,7). The van der Waals surface area contributed by atoms with Crippen molar-refractivity contribution in [3.8, 4) is 5.69 Å². The first-order valence-corrected chi connectivity index (χ1v) is 6.63. The zero-order chi connectivity index (χ0) is 17.9. The lowest BCUT2D eigenvalue weighted by Crippen LogP contribution is -2.27. The second-order valence-corrected chi connectivity index (χ2v) is 4.84. The Balaban J connectivity index is 0.000000256. The third-order valence-electron chi connectivity index (χ3n) is 3.17. The van der Waals surface area contributed by atoms with Crippen LogP contribution in [-0.2, 0) is 17.9 Å². The molecule has 3 N–H and O–H groups in total. The van der Waals surface area contributed by atoms with E-state index in [1.54, 1.807) is 0 Å². The summed E-state index contributed by atoms with van der Waals surface area (Å²) in [6.07, 6.45) is -3.59. The molecule has 2 aromatic rings. The highest BCUT2D eigenvalue weighted by molar-refractivity contribution is 5.73. The van der Waals surface area contributed by atoms with Crippen molar-refractivity contribution in [3.05, 3.63) is 62.4 Å². The average molecular weight is 343 g/mol. The normalized spacial score (nSPS) is 13.0. The fraction of sp³-hybridized carbons (Fsp3) is 0.214. The summed E-state index contributed by atoms with van der Waals surface area (Å²) in [6, 6.07) is 7.19. The molecule has 1 aromatic carbocycles. The molecule has 0 aliphatic carbocycles. The molecule has 1 aliphatic rings. The Morgan fingerprint density at radius 2 is 1.75 bits per heavy atom. The number of aromatic amines is 1. The van der Waals surface area contributed by atoms with Gasteiger partial charge in [0.1, 0.15) is 0 Å². The fourth-order valence-corrected chi connectivity index (χ4v) is 2.05. The van der Waals surface area contributed by atoms with E-state index in [0.717, 1.165) is 18.8 Å². The second kappa shape index (κ2) is 6.71. The molecule has 10 heteroatoms. The molecular weight excluding hydrogens is 331 g/mol. The second-order valence-electron chi connectivity index (χ2n) is 4.84. The number of hydrogen-bond donors (Lipinski definition) is 3. The first-order valence-electron chi connectivity index (χ1n) is 6.63. The Hall–Kier alpha value is -2.88. The van der Waals surface area contributed by atoms with Crippen LogP contribution in [0.4, 0.5) is 13.2 Å². The largest absolute Gasteiger partial charge is 0.490 e. The molecule has 0 bridgehead atoms. The quantitative estimate of drug-likeness (QED) is 0.709. The van der Waals surface area contributed by atoms with Crippen molar-refractivity contribution in [1.29, 1.82) is 0 Å². The number of rotatable bonds is 1. The number of fused-ring (bicyclic) bond motifs is 1. The number of carboxylic acid groups (broad SMARTS) is 1. The van der Waals surface area contributed by atoms with Crippen LogP contribution in [0.3, 0.4) is 0 Å². The predicted molar refractivity (Wildman–Crippen MR) is 76.9 cm³/mol. The van der Waals surface area contributed by atoms with Gasteiger partial charge in [-0.1, -0.05) is 6.07 Å². The smallest absolute Gasteiger partial charge is 0.475 e. The number of H-pyrrole nitrogens is 1. The molecule has 0 saturated heterocycles. The van der Waals surface area contributed by atoms with Crippen molar-refractivity contribution in [2.75, 3.05) is 0 Å². The summed E-state index contributed by atoms with van der Waals surface area (Å²) in [4.78, 5) is 33.8. The molecule has 0 amide bonds. The van der Waals surface area contributed by atoms with Crippen molar-refractivity contribution in [2.24, 2.45) is 0 Å². The van der Waals surface area contributed by atoms with Crippen molar-refractivity contribution in [2.45, 2.75) is 19.3 Å². The van der Waals surface area contributed by atoms with Crippen LogP contribution in [0.1, 0.15) is 11.1 Å². The zero-order valence-electron chi connectivity index (χ0n) is 12.1. The van der Waals surface area contributed by atoms with Gasteiger partial charge in [0, 0.05) is 25.4 Å². The van der Waals surface area contributed by atoms with Crippen LogP contribution < -0.4 is 16.6 Å². The lowest BCUT2D eigenvalue weighted by Gasteiger charge is -2.06. The number of aromatic nitrogens is 2.